The molecule has 2 atom stereocenters. The second-order valence-electron chi connectivity index (χ2n) is 4.64. The minimum Gasteiger partial charge on any atom is -0.486 e. The van der Waals surface area contributed by atoms with Gasteiger partial charge in [-0.05, 0) is 24.1 Å². The number of carboxylic acid groups (broad SMARTS) is 1. The Morgan fingerprint density at radius 1 is 1.35 bits per heavy atom. The molecule has 1 heterocycles. The first-order valence-corrected chi connectivity index (χ1v) is 6.64. The molecule has 110 valence electrons. The van der Waals surface area contributed by atoms with Crippen LogP contribution in [0.15, 0.2) is 18.2 Å². The van der Waals surface area contributed by atoms with Crippen LogP contribution in [0.3, 0.4) is 0 Å². The van der Waals surface area contributed by atoms with E-state index in [4.69, 9.17) is 14.6 Å². The minimum absolute atomic E-state index is 0.180. The fraction of sp³-hybridized carbons (Fsp3) is 0.500. The van der Waals surface area contributed by atoms with Gasteiger partial charge in [0.15, 0.2) is 11.5 Å². The van der Waals surface area contributed by atoms with E-state index in [1.807, 2.05) is 6.92 Å². The molecule has 1 aromatic carbocycles. The van der Waals surface area contributed by atoms with Crippen molar-refractivity contribution < 1.29 is 24.5 Å². The Labute approximate surface area is 117 Å². The number of nitrogens with one attached hydrogen (secondary N) is 1. The number of hydrogen-bond acceptors (Lipinski definition) is 5. The maximum Gasteiger partial charge on any atom is 0.317 e. The summed E-state index contributed by atoms with van der Waals surface area (Å²) in [6, 6.07) is 4.94. The van der Waals surface area contributed by atoms with E-state index >= 15 is 0 Å². The van der Waals surface area contributed by atoms with E-state index < -0.39 is 12.1 Å². The molecular weight excluding hydrogens is 262 g/mol. The van der Waals surface area contributed by atoms with Crippen LogP contribution in [0, 0.1) is 0 Å². The summed E-state index contributed by atoms with van der Waals surface area (Å²) in [4.78, 5) is 10.6. The van der Waals surface area contributed by atoms with Crippen molar-refractivity contribution in [3.8, 4) is 11.5 Å². The van der Waals surface area contributed by atoms with E-state index in [9.17, 15) is 9.90 Å². The van der Waals surface area contributed by atoms with Gasteiger partial charge in [-0.25, -0.2) is 0 Å². The Kier molecular flexibility index (Phi) is 4.81. The molecule has 0 radical (unpaired) electrons. The summed E-state index contributed by atoms with van der Waals surface area (Å²) in [6.07, 6.45) is -0.182. The summed E-state index contributed by atoms with van der Waals surface area (Å²) in [7, 11) is 0. The van der Waals surface area contributed by atoms with Gasteiger partial charge in [-0.3, -0.25) is 4.79 Å². The fourth-order valence-corrected chi connectivity index (χ4v) is 2.17. The lowest BCUT2D eigenvalue weighted by molar-refractivity contribution is -0.136. The summed E-state index contributed by atoms with van der Waals surface area (Å²) in [5, 5.41) is 21.9. The molecule has 0 saturated heterocycles. The molecule has 0 spiro atoms. The van der Waals surface area contributed by atoms with Crippen molar-refractivity contribution in [3.63, 3.8) is 0 Å². The van der Waals surface area contributed by atoms with Gasteiger partial charge in [-0.1, -0.05) is 13.0 Å². The van der Waals surface area contributed by atoms with Gasteiger partial charge < -0.3 is 25.0 Å². The Hall–Kier alpha value is -1.79. The maximum atomic E-state index is 10.6. The Morgan fingerprint density at radius 2 is 2.05 bits per heavy atom. The lowest BCUT2D eigenvalue weighted by Gasteiger charge is -2.24. The molecule has 2 unspecified atom stereocenters. The standard InChI is InChI=1S/C14H19NO5/c1-2-10(15-8-13(16)17)14(18)9-3-4-11-12(7-9)20-6-5-19-11/h3-4,7,10,14-15,18H,2,5-6,8H2,1H3,(H,16,17). The maximum absolute atomic E-state index is 10.6. The first-order chi connectivity index (χ1) is 9.61. The average Bonchev–Trinajstić information content (AvgIpc) is 2.47. The lowest BCUT2D eigenvalue weighted by atomic mass is 9.99. The van der Waals surface area contributed by atoms with Crippen LogP contribution in [0.5, 0.6) is 11.5 Å². The number of aliphatic hydroxyl groups excluding tert-OH is 1. The van der Waals surface area contributed by atoms with Crippen LogP contribution in [-0.2, 0) is 4.79 Å². The molecular formula is C14H19NO5. The molecule has 2 rings (SSSR count). The molecule has 0 aliphatic carbocycles. The van der Waals surface area contributed by atoms with Crippen molar-refractivity contribution in [2.24, 2.45) is 0 Å². The number of aliphatic carboxylic acids is 1. The van der Waals surface area contributed by atoms with Crippen molar-refractivity contribution in [3.05, 3.63) is 23.8 Å². The van der Waals surface area contributed by atoms with Crippen molar-refractivity contribution in [2.75, 3.05) is 19.8 Å². The summed E-state index contributed by atoms with van der Waals surface area (Å²) in [6.45, 7) is 2.72. The zero-order valence-electron chi connectivity index (χ0n) is 11.3. The van der Waals surface area contributed by atoms with E-state index in [0.717, 1.165) is 0 Å². The van der Waals surface area contributed by atoms with Gasteiger partial charge in [0.25, 0.3) is 0 Å². The number of benzene rings is 1. The number of carbonyl (C=O) groups is 1. The molecule has 1 aromatic rings. The quantitative estimate of drug-likeness (QED) is 0.719. The largest absolute Gasteiger partial charge is 0.486 e. The number of aliphatic hydroxyl groups is 1. The van der Waals surface area contributed by atoms with Crippen LogP contribution < -0.4 is 14.8 Å². The fourth-order valence-electron chi connectivity index (χ4n) is 2.17. The van der Waals surface area contributed by atoms with Gasteiger partial charge >= 0.3 is 5.97 Å². The predicted molar refractivity (Wildman–Crippen MR) is 72.1 cm³/mol. The van der Waals surface area contributed by atoms with E-state index in [2.05, 4.69) is 5.32 Å². The highest BCUT2D eigenvalue weighted by Gasteiger charge is 2.22. The number of ether oxygens (including phenoxy) is 2. The zero-order chi connectivity index (χ0) is 14.5. The van der Waals surface area contributed by atoms with E-state index in [1.165, 1.54) is 0 Å². The molecule has 0 fully saturated rings. The van der Waals surface area contributed by atoms with Crippen LogP contribution >= 0.6 is 0 Å². The molecule has 1 aliphatic heterocycles. The lowest BCUT2D eigenvalue weighted by Crippen LogP contribution is -2.37. The van der Waals surface area contributed by atoms with Crippen molar-refractivity contribution in [1.82, 2.24) is 5.32 Å². The molecule has 0 amide bonds. The number of carboxylic acids is 1. The molecule has 0 saturated carbocycles. The molecule has 0 aromatic heterocycles. The van der Waals surface area contributed by atoms with Gasteiger partial charge in [-0.15, -0.1) is 0 Å². The average molecular weight is 281 g/mol. The summed E-state index contributed by atoms with van der Waals surface area (Å²) < 4.78 is 10.9. The molecule has 6 nitrogen and oxygen atoms in total. The van der Waals surface area contributed by atoms with Crippen LogP contribution in [0.25, 0.3) is 0 Å². The second-order valence-corrected chi connectivity index (χ2v) is 4.64. The van der Waals surface area contributed by atoms with Crippen LogP contribution in [-0.4, -0.2) is 42.0 Å². The summed E-state index contributed by atoms with van der Waals surface area (Å²) in [5.41, 5.74) is 0.680. The first-order valence-electron chi connectivity index (χ1n) is 6.64. The van der Waals surface area contributed by atoms with Crippen molar-refractivity contribution >= 4 is 5.97 Å². The molecule has 6 heteroatoms. The molecule has 20 heavy (non-hydrogen) atoms. The Balaban J connectivity index is 2.10. The van der Waals surface area contributed by atoms with Gasteiger partial charge in [0, 0.05) is 6.04 Å². The zero-order valence-corrected chi connectivity index (χ0v) is 11.3. The predicted octanol–water partition coefficient (Wildman–Crippen LogP) is 0.944. The SMILES string of the molecule is CCC(NCC(=O)O)C(O)c1ccc2c(c1)OCCO2. The second kappa shape index (κ2) is 6.58. The highest BCUT2D eigenvalue weighted by Crippen LogP contribution is 2.33. The van der Waals surface area contributed by atoms with Crippen molar-refractivity contribution in [1.29, 1.82) is 0 Å². The number of hydrogen-bond donors (Lipinski definition) is 3. The molecule has 1 aliphatic rings. The minimum atomic E-state index is -0.946. The highest BCUT2D eigenvalue weighted by molar-refractivity contribution is 5.69. The van der Waals surface area contributed by atoms with Crippen LogP contribution in [0.2, 0.25) is 0 Å². The van der Waals surface area contributed by atoms with E-state index in [0.29, 0.717) is 36.7 Å². The first kappa shape index (κ1) is 14.6. The van der Waals surface area contributed by atoms with Gasteiger partial charge in [-0.2, -0.15) is 0 Å². The Bertz CT molecular complexity index is 477. The van der Waals surface area contributed by atoms with Crippen LogP contribution in [0.4, 0.5) is 0 Å². The van der Waals surface area contributed by atoms with Crippen molar-refractivity contribution in [2.45, 2.75) is 25.5 Å². The third-order valence-electron chi connectivity index (χ3n) is 3.24. The third-order valence-corrected chi connectivity index (χ3v) is 3.24. The Morgan fingerprint density at radius 3 is 2.70 bits per heavy atom. The third kappa shape index (κ3) is 3.40. The van der Waals surface area contributed by atoms with Gasteiger partial charge in [0.05, 0.1) is 12.6 Å². The van der Waals surface area contributed by atoms with Gasteiger partial charge in [0.2, 0.25) is 0 Å². The molecule has 3 N–H and O–H groups in total. The van der Waals surface area contributed by atoms with Gasteiger partial charge in [0.1, 0.15) is 13.2 Å². The van der Waals surface area contributed by atoms with Crippen LogP contribution in [0.1, 0.15) is 25.0 Å². The number of rotatable bonds is 6. The normalized spacial score (nSPS) is 16.5. The highest BCUT2D eigenvalue weighted by atomic mass is 16.6. The smallest absolute Gasteiger partial charge is 0.317 e. The topological polar surface area (TPSA) is 88.0 Å². The number of fused-ring (bicyclic) bond motifs is 1. The van der Waals surface area contributed by atoms with E-state index in [-0.39, 0.29) is 12.6 Å². The summed E-state index contributed by atoms with van der Waals surface area (Å²) >= 11 is 0. The van der Waals surface area contributed by atoms with E-state index in [1.54, 1.807) is 18.2 Å². The molecule has 0 bridgehead atoms. The summed E-state index contributed by atoms with van der Waals surface area (Å²) in [5.74, 6) is 0.331. The monoisotopic (exact) mass is 281 g/mol.